The molecule has 0 saturated heterocycles. The molecule has 2 aromatic carbocycles. The maximum atomic E-state index is 13.0. The van der Waals surface area contributed by atoms with E-state index in [2.05, 4.69) is 10.6 Å². The van der Waals surface area contributed by atoms with Crippen molar-refractivity contribution >= 4 is 29.2 Å². The molecule has 1 atom stereocenters. The smallest absolute Gasteiger partial charge is 0.322 e. The van der Waals surface area contributed by atoms with Gasteiger partial charge in [-0.15, -0.1) is 0 Å². The largest absolute Gasteiger partial charge is 0.493 e. The number of anilines is 1. The Morgan fingerprint density at radius 3 is 2.41 bits per heavy atom. The fourth-order valence-electron chi connectivity index (χ4n) is 3.46. The molecular weight excluding hydrogens is 394 g/mol. The number of ether oxygens (including phenoxy) is 2. The highest BCUT2D eigenvalue weighted by molar-refractivity contribution is 6.30. The minimum absolute atomic E-state index is 0.157. The lowest BCUT2D eigenvalue weighted by atomic mass is 9.92. The molecule has 1 heterocycles. The highest BCUT2D eigenvalue weighted by Gasteiger charge is 2.32. The van der Waals surface area contributed by atoms with Crippen LogP contribution in [0.4, 0.5) is 10.5 Å². The van der Waals surface area contributed by atoms with Crippen molar-refractivity contribution in [3.05, 3.63) is 52.5 Å². The zero-order valence-electron chi connectivity index (χ0n) is 16.6. The summed E-state index contributed by atoms with van der Waals surface area (Å²) in [5, 5.41) is 6.32. The van der Waals surface area contributed by atoms with Gasteiger partial charge in [-0.05, 0) is 53.9 Å². The zero-order valence-corrected chi connectivity index (χ0v) is 17.4. The SMILES string of the molecule is COc1cc2c(cc1OC)C(CNC(C)=O)N(C(=O)Nc1ccc(Cl)cc1)CC2. The molecule has 2 N–H and O–H groups in total. The van der Waals surface area contributed by atoms with Gasteiger partial charge in [0, 0.05) is 30.7 Å². The Kier molecular flexibility index (Phi) is 6.49. The lowest BCUT2D eigenvalue weighted by Gasteiger charge is -2.37. The van der Waals surface area contributed by atoms with Crippen LogP contribution in [0, 0.1) is 0 Å². The van der Waals surface area contributed by atoms with Crippen LogP contribution in [0.5, 0.6) is 11.5 Å². The van der Waals surface area contributed by atoms with Crippen LogP contribution in [0.2, 0.25) is 5.02 Å². The van der Waals surface area contributed by atoms with Gasteiger partial charge in [0.05, 0.1) is 20.3 Å². The highest BCUT2D eigenvalue weighted by atomic mass is 35.5. The number of methoxy groups -OCH3 is 2. The summed E-state index contributed by atoms with van der Waals surface area (Å²) in [7, 11) is 3.16. The van der Waals surface area contributed by atoms with Gasteiger partial charge in [-0.2, -0.15) is 0 Å². The molecule has 1 aliphatic rings. The second-order valence-corrected chi connectivity index (χ2v) is 7.18. The average molecular weight is 418 g/mol. The molecule has 8 heteroatoms. The van der Waals surface area contributed by atoms with Crippen molar-refractivity contribution in [2.75, 3.05) is 32.6 Å². The van der Waals surface area contributed by atoms with Crippen LogP contribution in [0.25, 0.3) is 0 Å². The number of benzene rings is 2. The number of carbonyl (C=O) groups excluding carboxylic acids is 2. The highest BCUT2D eigenvalue weighted by Crippen LogP contribution is 2.38. The van der Waals surface area contributed by atoms with Crippen molar-refractivity contribution < 1.29 is 19.1 Å². The third kappa shape index (κ3) is 4.74. The Hall–Kier alpha value is -2.93. The van der Waals surface area contributed by atoms with Gasteiger partial charge in [-0.1, -0.05) is 11.6 Å². The molecule has 0 saturated carbocycles. The quantitative estimate of drug-likeness (QED) is 0.778. The monoisotopic (exact) mass is 417 g/mol. The van der Waals surface area contributed by atoms with E-state index < -0.39 is 0 Å². The molecule has 2 aromatic rings. The van der Waals surface area contributed by atoms with E-state index in [1.54, 1.807) is 43.4 Å². The molecule has 29 heavy (non-hydrogen) atoms. The summed E-state index contributed by atoms with van der Waals surface area (Å²) in [6, 6.07) is 10.1. The average Bonchev–Trinajstić information content (AvgIpc) is 2.72. The molecule has 3 rings (SSSR count). The lowest BCUT2D eigenvalue weighted by Crippen LogP contribution is -2.46. The van der Waals surface area contributed by atoms with Crippen molar-refractivity contribution in [1.29, 1.82) is 0 Å². The van der Waals surface area contributed by atoms with E-state index in [0.717, 1.165) is 11.1 Å². The zero-order chi connectivity index (χ0) is 21.0. The molecule has 1 unspecified atom stereocenters. The number of fused-ring (bicyclic) bond motifs is 1. The van der Waals surface area contributed by atoms with Crippen LogP contribution in [0.1, 0.15) is 24.1 Å². The molecule has 0 aliphatic carbocycles. The summed E-state index contributed by atoms with van der Waals surface area (Å²) >= 11 is 5.92. The number of nitrogens with one attached hydrogen (secondary N) is 2. The summed E-state index contributed by atoms with van der Waals surface area (Å²) in [4.78, 5) is 26.3. The summed E-state index contributed by atoms with van der Waals surface area (Å²) in [5.41, 5.74) is 2.64. The van der Waals surface area contributed by atoms with Gasteiger partial charge in [0.2, 0.25) is 5.91 Å². The van der Waals surface area contributed by atoms with E-state index in [9.17, 15) is 9.59 Å². The van der Waals surface area contributed by atoms with Gasteiger partial charge in [-0.3, -0.25) is 4.79 Å². The topological polar surface area (TPSA) is 79.9 Å². The fourth-order valence-corrected chi connectivity index (χ4v) is 3.59. The molecule has 0 fully saturated rings. The van der Waals surface area contributed by atoms with Crippen LogP contribution in [0.15, 0.2) is 36.4 Å². The first-order valence-electron chi connectivity index (χ1n) is 9.25. The van der Waals surface area contributed by atoms with E-state index in [1.807, 2.05) is 12.1 Å². The molecule has 1 aliphatic heterocycles. The predicted octanol–water partition coefficient (Wildman–Crippen LogP) is 3.62. The second kappa shape index (κ2) is 9.05. The molecule has 0 aromatic heterocycles. The Labute approximate surface area is 174 Å². The number of rotatable bonds is 5. The summed E-state index contributed by atoms with van der Waals surface area (Å²) < 4.78 is 10.8. The number of hydrogen-bond acceptors (Lipinski definition) is 4. The number of nitrogens with zero attached hydrogens (tertiary/aromatic N) is 1. The van der Waals surface area contributed by atoms with E-state index in [0.29, 0.717) is 41.7 Å². The number of carbonyl (C=O) groups is 2. The van der Waals surface area contributed by atoms with Gasteiger partial charge < -0.3 is 25.0 Å². The van der Waals surface area contributed by atoms with E-state index >= 15 is 0 Å². The maximum Gasteiger partial charge on any atom is 0.322 e. The third-order valence-corrected chi connectivity index (χ3v) is 5.16. The summed E-state index contributed by atoms with van der Waals surface area (Å²) in [6.07, 6.45) is 0.667. The molecule has 0 spiro atoms. The lowest BCUT2D eigenvalue weighted by molar-refractivity contribution is -0.119. The molecule has 7 nitrogen and oxygen atoms in total. The van der Waals surface area contributed by atoms with E-state index in [1.165, 1.54) is 6.92 Å². The van der Waals surface area contributed by atoms with Crippen molar-refractivity contribution in [2.45, 2.75) is 19.4 Å². The first-order valence-corrected chi connectivity index (χ1v) is 9.63. The Balaban J connectivity index is 1.91. The number of halogens is 1. The first kappa shape index (κ1) is 20.8. The number of urea groups is 1. The van der Waals surface area contributed by atoms with Crippen LogP contribution < -0.4 is 20.1 Å². The van der Waals surface area contributed by atoms with Gasteiger partial charge >= 0.3 is 6.03 Å². The Morgan fingerprint density at radius 1 is 1.14 bits per heavy atom. The van der Waals surface area contributed by atoms with E-state index in [4.69, 9.17) is 21.1 Å². The Bertz CT molecular complexity index is 902. The Morgan fingerprint density at radius 2 is 1.79 bits per heavy atom. The maximum absolute atomic E-state index is 13.0. The fraction of sp³-hybridized carbons (Fsp3) is 0.333. The minimum Gasteiger partial charge on any atom is -0.493 e. The molecule has 0 bridgehead atoms. The third-order valence-electron chi connectivity index (χ3n) is 4.90. The second-order valence-electron chi connectivity index (χ2n) is 6.74. The molecule has 3 amide bonds. The predicted molar refractivity (Wildman–Crippen MR) is 112 cm³/mol. The normalized spacial score (nSPS) is 15.3. The van der Waals surface area contributed by atoms with Crippen molar-refractivity contribution in [3.63, 3.8) is 0 Å². The standard InChI is InChI=1S/C21H24ClN3O4/c1-13(26)23-12-18-17-11-20(29-3)19(28-2)10-14(17)8-9-25(18)21(27)24-16-6-4-15(22)5-7-16/h4-7,10-11,18H,8-9,12H2,1-3H3,(H,23,26)(H,24,27). The first-order chi connectivity index (χ1) is 13.9. The van der Waals surface area contributed by atoms with Crippen molar-refractivity contribution in [1.82, 2.24) is 10.2 Å². The van der Waals surface area contributed by atoms with E-state index in [-0.39, 0.29) is 18.0 Å². The van der Waals surface area contributed by atoms with Gasteiger partial charge in [0.25, 0.3) is 0 Å². The van der Waals surface area contributed by atoms with Gasteiger partial charge in [0.1, 0.15) is 0 Å². The number of hydrogen-bond donors (Lipinski definition) is 2. The summed E-state index contributed by atoms with van der Waals surface area (Å²) in [5.74, 6) is 1.07. The number of amides is 3. The van der Waals surface area contributed by atoms with Crippen LogP contribution >= 0.6 is 11.6 Å². The van der Waals surface area contributed by atoms with Crippen molar-refractivity contribution in [3.8, 4) is 11.5 Å². The van der Waals surface area contributed by atoms with Crippen LogP contribution in [-0.4, -0.2) is 44.1 Å². The van der Waals surface area contributed by atoms with Gasteiger partial charge in [-0.25, -0.2) is 4.79 Å². The minimum atomic E-state index is -0.338. The van der Waals surface area contributed by atoms with Crippen molar-refractivity contribution in [2.24, 2.45) is 0 Å². The van der Waals surface area contributed by atoms with Gasteiger partial charge in [0.15, 0.2) is 11.5 Å². The molecule has 154 valence electrons. The molecular formula is C21H24ClN3O4. The molecule has 0 radical (unpaired) electrons. The van der Waals surface area contributed by atoms with Crippen LogP contribution in [-0.2, 0) is 11.2 Å². The summed E-state index contributed by atoms with van der Waals surface area (Å²) in [6.45, 7) is 2.26. The van der Waals surface area contributed by atoms with Crippen LogP contribution in [0.3, 0.4) is 0 Å².